The summed E-state index contributed by atoms with van der Waals surface area (Å²) in [6.45, 7) is 7.88. The molecule has 9 heteroatoms. The summed E-state index contributed by atoms with van der Waals surface area (Å²) in [5, 5.41) is 10.7. The van der Waals surface area contributed by atoms with Gasteiger partial charge in [-0.25, -0.2) is 19.7 Å². The lowest BCUT2D eigenvalue weighted by molar-refractivity contribution is 0.0747. The second-order valence-electron chi connectivity index (χ2n) is 8.32. The molecule has 1 unspecified atom stereocenters. The van der Waals surface area contributed by atoms with Crippen LogP contribution in [0.4, 0.5) is 10.6 Å². The molecule has 0 bridgehead atoms. The van der Waals surface area contributed by atoms with Crippen molar-refractivity contribution in [2.45, 2.75) is 26.8 Å². The van der Waals surface area contributed by atoms with Gasteiger partial charge in [0.05, 0.1) is 11.4 Å². The molecule has 3 aromatic rings. The maximum Gasteiger partial charge on any atom is 0.407 e. The minimum atomic E-state index is -0.867. The molecule has 0 spiro atoms. The van der Waals surface area contributed by atoms with E-state index < -0.39 is 6.09 Å². The number of H-pyrrole nitrogens is 1. The van der Waals surface area contributed by atoms with Crippen LogP contribution in [0.25, 0.3) is 22.3 Å². The second kappa shape index (κ2) is 7.18. The van der Waals surface area contributed by atoms with Crippen LogP contribution in [0.5, 0.6) is 0 Å². The highest BCUT2D eigenvalue weighted by Crippen LogP contribution is 2.31. The van der Waals surface area contributed by atoms with E-state index in [-0.39, 0.29) is 11.5 Å². The van der Waals surface area contributed by atoms with Gasteiger partial charge in [0.2, 0.25) is 0 Å². The summed E-state index contributed by atoms with van der Waals surface area (Å²) in [5.41, 5.74) is 2.30. The van der Waals surface area contributed by atoms with Crippen molar-refractivity contribution in [3.05, 3.63) is 35.9 Å². The van der Waals surface area contributed by atoms with E-state index in [0.717, 1.165) is 22.5 Å². The maximum absolute atomic E-state index is 11.6. The number of amides is 1. The van der Waals surface area contributed by atoms with Gasteiger partial charge in [-0.05, 0) is 23.6 Å². The van der Waals surface area contributed by atoms with E-state index in [0.29, 0.717) is 30.4 Å². The Morgan fingerprint density at radius 3 is 2.66 bits per heavy atom. The number of piperazine rings is 1. The molecule has 1 atom stereocenters. The van der Waals surface area contributed by atoms with Crippen LogP contribution in [0.3, 0.4) is 0 Å². The minimum Gasteiger partial charge on any atom is -0.465 e. The highest BCUT2D eigenvalue weighted by atomic mass is 35.5. The lowest BCUT2D eigenvalue weighted by Gasteiger charge is -2.46. The van der Waals surface area contributed by atoms with Gasteiger partial charge in [-0.15, -0.1) is 0 Å². The summed E-state index contributed by atoms with van der Waals surface area (Å²) in [7, 11) is 0. The number of rotatable bonds is 2. The molecule has 3 aromatic heterocycles. The number of hydrogen-bond acceptors (Lipinski definition) is 5. The van der Waals surface area contributed by atoms with Crippen LogP contribution in [0.15, 0.2) is 30.7 Å². The number of hydrogen-bond donors (Lipinski definition) is 2. The number of carbonyl (C=O) groups is 1. The van der Waals surface area contributed by atoms with Gasteiger partial charge < -0.3 is 19.9 Å². The molecule has 1 aliphatic heterocycles. The summed E-state index contributed by atoms with van der Waals surface area (Å²) in [6.07, 6.45) is 2.36. The Bertz CT molecular complexity index is 1040. The van der Waals surface area contributed by atoms with Crippen molar-refractivity contribution in [2.75, 3.05) is 24.5 Å². The van der Waals surface area contributed by atoms with E-state index in [2.05, 4.69) is 45.6 Å². The summed E-state index contributed by atoms with van der Waals surface area (Å²) in [5.74, 6) is 0.835. The van der Waals surface area contributed by atoms with Crippen molar-refractivity contribution in [3.8, 4) is 11.3 Å². The Kier molecular flexibility index (Phi) is 4.82. The highest BCUT2D eigenvalue weighted by molar-refractivity contribution is 6.34. The largest absolute Gasteiger partial charge is 0.465 e. The zero-order chi connectivity index (χ0) is 20.8. The van der Waals surface area contributed by atoms with Gasteiger partial charge in [-0.2, -0.15) is 0 Å². The summed E-state index contributed by atoms with van der Waals surface area (Å²) in [6, 6.07) is 5.76. The molecule has 0 radical (unpaired) electrons. The number of carboxylic acid groups (broad SMARTS) is 1. The number of aromatic amines is 1. The van der Waals surface area contributed by atoms with E-state index in [9.17, 15) is 9.90 Å². The molecule has 1 amide bonds. The molecule has 0 aromatic carbocycles. The molecular weight excluding hydrogens is 392 g/mol. The fraction of sp³-hybridized carbons (Fsp3) is 0.400. The van der Waals surface area contributed by atoms with Crippen molar-refractivity contribution in [3.63, 3.8) is 0 Å². The number of anilines is 1. The third-order valence-electron chi connectivity index (χ3n) is 5.39. The molecule has 29 heavy (non-hydrogen) atoms. The average Bonchev–Trinajstić information content (AvgIpc) is 3.13. The van der Waals surface area contributed by atoms with Crippen LogP contribution >= 0.6 is 11.6 Å². The Morgan fingerprint density at radius 1 is 1.24 bits per heavy atom. The fourth-order valence-corrected chi connectivity index (χ4v) is 3.95. The standard InChI is InChI=1S/C20H23ClN6O2/c1-20(2,3)15-10-26(6-7-27(15)19(28)29)16-5-4-12(9-22-16)14-8-13-17(21)23-11-24-18(13)25-14/h4-5,8-9,11,15H,6-7,10H2,1-3H3,(H,28,29)(H,23,24,25). The zero-order valence-corrected chi connectivity index (χ0v) is 17.3. The minimum absolute atomic E-state index is 0.107. The second-order valence-corrected chi connectivity index (χ2v) is 8.68. The van der Waals surface area contributed by atoms with Gasteiger partial charge in [0, 0.05) is 37.1 Å². The number of nitrogens with zero attached hydrogens (tertiary/aromatic N) is 5. The van der Waals surface area contributed by atoms with Crippen LogP contribution in [0.2, 0.25) is 5.15 Å². The van der Waals surface area contributed by atoms with Crippen molar-refractivity contribution in [1.82, 2.24) is 24.8 Å². The third kappa shape index (κ3) is 3.72. The zero-order valence-electron chi connectivity index (χ0n) is 16.6. The van der Waals surface area contributed by atoms with E-state index in [1.165, 1.54) is 6.33 Å². The Balaban J connectivity index is 1.57. The lowest BCUT2D eigenvalue weighted by atomic mass is 9.84. The van der Waals surface area contributed by atoms with Gasteiger partial charge in [0.1, 0.15) is 22.9 Å². The van der Waals surface area contributed by atoms with Crippen LogP contribution in [-0.2, 0) is 0 Å². The highest BCUT2D eigenvalue weighted by Gasteiger charge is 2.38. The topological polar surface area (TPSA) is 98.2 Å². The first kappa shape index (κ1) is 19.4. The molecule has 152 valence electrons. The van der Waals surface area contributed by atoms with Crippen molar-refractivity contribution in [1.29, 1.82) is 0 Å². The van der Waals surface area contributed by atoms with Crippen molar-refractivity contribution < 1.29 is 9.90 Å². The number of aromatic nitrogens is 4. The summed E-state index contributed by atoms with van der Waals surface area (Å²) < 4.78 is 0. The van der Waals surface area contributed by atoms with Gasteiger partial charge in [0.15, 0.2) is 0 Å². The first-order valence-corrected chi connectivity index (χ1v) is 9.82. The molecule has 2 N–H and O–H groups in total. The molecule has 1 saturated heterocycles. The molecule has 4 heterocycles. The normalized spacial score (nSPS) is 17.7. The molecule has 0 saturated carbocycles. The van der Waals surface area contributed by atoms with Gasteiger partial charge in [0.25, 0.3) is 0 Å². The molecule has 0 aliphatic carbocycles. The first-order chi connectivity index (χ1) is 13.7. The first-order valence-electron chi connectivity index (χ1n) is 9.44. The third-order valence-corrected chi connectivity index (χ3v) is 5.69. The molecule has 1 aliphatic rings. The predicted molar refractivity (Wildman–Crippen MR) is 112 cm³/mol. The van der Waals surface area contributed by atoms with Crippen LogP contribution in [-0.4, -0.2) is 61.7 Å². The molecular formula is C20H23ClN6O2. The summed E-state index contributed by atoms with van der Waals surface area (Å²) in [4.78, 5) is 31.4. The predicted octanol–water partition coefficient (Wildman–Crippen LogP) is 3.89. The van der Waals surface area contributed by atoms with Crippen molar-refractivity contribution >= 4 is 34.5 Å². The Hall–Kier alpha value is -2.87. The van der Waals surface area contributed by atoms with Crippen LogP contribution < -0.4 is 4.90 Å². The van der Waals surface area contributed by atoms with E-state index in [1.54, 1.807) is 11.1 Å². The fourth-order valence-electron chi connectivity index (χ4n) is 3.76. The number of halogens is 1. The number of nitrogens with one attached hydrogen (secondary N) is 1. The quantitative estimate of drug-likeness (QED) is 0.617. The van der Waals surface area contributed by atoms with E-state index in [4.69, 9.17) is 11.6 Å². The van der Waals surface area contributed by atoms with Gasteiger partial charge >= 0.3 is 6.09 Å². The van der Waals surface area contributed by atoms with Gasteiger partial charge in [-0.3, -0.25) is 0 Å². The Morgan fingerprint density at radius 2 is 2.03 bits per heavy atom. The van der Waals surface area contributed by atoms with E-state index in [1.807, 2.05) is 18.2 Å². The average molecular weight is 415 g/mol. The van der Waals surface area contributed by atoms with Crippen LogP contribution in [0.1, 0.15) is 20.8 Å². The smallest absolute Gasteiger partial charge is 0.407 e. The molecule has 4 rings (SSSR count). The van der Waals surface area contributed by atoms with E-state index >= 15 is 0 Å². The lowest BCUT2D eigenvalue weighted by Crippen LogP contribution is -2.59. The molecule has 1 fully saturated rings. The van der Waals surface area contributed by atoms with Crippen LogP contribution in [0, 0.1) is 5.41 Å². The number of pyridine rings is 1. The van der Waals surface area contributed by atoms with Crippen molar-refractivity contribution in [2.24, 2.45) is 5.41 Å². The maximum atomic E-state index is 11.6. The monoisotopic (exact) mass is 414 g/mol. The number of fused-ring (bicyclic) bond motifs is 1. The molecule has 8 nitrogen and oxygen atoms in total. The SMILES string of the molecule is CC(C)(C)C1CN(c2ccc(-c3cc4c(Cl)ncnc4[nH]3)cn2)CCN1C(=O)O. The van der Waals surface area contributed by atoms with Gasteiger partial charge in [-0.1, -0.05) is 32.4 Å². The Labute approximate surface area is 173 Å². The summed E-state index contributed by atoms with van der Waals surface area (Å²) >= 11 is 6.13.